The Morgan fingerprint density at radius 3 is 2.67 bits per heavy atom. The van der Waals surface area contributed by atoms with E-state index in [1.807, 2.05) is 30.0 Å². The number of hydrogen-bond donors (Lipinski definition) is 0. The molecule has 0 N–H and O–H groups in total. The van der Waals surface area contributed by atoms with Gasteiger partial charge in [0, 0.05) is 22.6 Å². The van der Waals surface area contributed by atoms with Gasteiger partial charge in [-0.25, -0.2) is 4.79 Å². The minimum absolute atomic E-state index is 0.357. The van der Waals surface area contributed by atoms with Crippen LogP contribution in [-0.4, -0.2) is 12.4 Å². The van der Waals surface area contributed by atoms with Gasteiger partial charge in [0.25, 0.3) is 0 Å². The highest BCUT2D eigenvalue weighted by atomic mass is 32.2. The lowest BCUT2D eigenvalue weighted by Crippen LogP contribution is -2.09. The highest BCUT2D eigenvalue weighted by molar-refractivity contribution is 8.00. The first-order valence-corrected chi connectivity index (χ1v) is 7.99. The van der Waals surface area contributed by atoms with E-state index >= 15 is 0 Å². The smallest absolute Gasteiger partial charge is 0.339 e. The van der Waals surface area contributed by atoms with Crippen LogP contribution in [0.1, 0.15) is 25.5 Å². The zero-order valence-corrected chi connectivity index (χ0v) is 13.2. The molecule has 0 aliphatic rings. The lowest BCUT2D eigenvalue weighted by atomic mass is 10.1. The molecule has 0 saturated heterocycles. The standard InChI is InChI=1S/C17H20O3S/c1-3-7-16(21-15-8-5-4-6-9-15)11-14-10-13(19-2)12-17(18)20-14/h4-6,8-10,12,16H,3,7,11H2,1-2H3. The van der Waals surface area contributed by atoms with Gasteiger partial charge in [0.15, 0.2) is 0 Å². The minimum Gasteiger partial charge on any atom is -0.496 e. The molecule has 0 bridgehead atoms. The largest absolute Gasteiger partial charge is 0.496 e. The molecule has 3 nitrogen and oxygen atoms in total. The van der Waals surface area contributed by atoms with E-state index in [9.17, 15) is 4.79 Å². The zero-order chi connectivity index (χ0) is 15.1. The molecule has 21 heavy (non-hydrogen) atoms. The average molecular weight is 304 g/mol. The predicted molar refractivity (Wildman–Crippen MR) is 86.2 cm³/mol. The number of methoxy groups -OCH3 is 1. The summed E-state index contributed by atoms with van der Waals surface area (Å²) in [5.41, 5.74) is -0.357. The molecule has 0 aliphatic carbocycles. The van der Waals surface area contributed by atoms with Crippen molar-refractivity contribution in [3.8, 4) is 5.75 Å². The third kappa shape index (κ3) is 4.97. The van der Waals surface area contributed by atoms with Gasteiger partial charge in [-0.05, 0) is 18.6 Å². The van der Waals surface area contributed by atoms with Crippen molar-refractivity contribution in [2.24, 2.45) is 0 Å². The third-order valence-electron chi connectivity index (χ3n) is 3.12. The number of rotatable bonds is 7. The van der Waals surface area contributed by atoms with E-state index in [2.05, 4.69) is 19.1 Å². The van der Waals surface area contributed by atoms with E-state index in [4.69, 9.17) is 9.15 Å². The molecule has 0 aliphatic heterocycles. The molecule has 0 fully saturated rings. The molecule has 4 heteroatoms. The SMILES string of the molecule is CCCC(Cc1cc(OC)cc(=O)o1)Sc1ccccc1. The molecular formula is C17H20O3S. The normalized spacial score (nSPS) is 12.1. The molecule has 1 atom stereocenters. The van der Waals surface area contributed by atoms with E-state index < -0.39 is 0 Å². The van der Waals surface area contributed by atoms with Crippen molar-refractivity contribution in [2.45, 2.75) is 36.3 Å². The Bertz CT molecular complexity index is 607. The van der Waals surface area contributed by atoms with Crippen molar-refractivity contribution in [2.75, 3.05) is 7.11 Å². The predicted octanol–water partition coefficient (Wildman–Crippen LogP) is 4.15. The van der Waals surface area contributed by atoms with E-state index in [0.717, 1.165) is 19.3 Å². The summed E-state index contributed by atoms with van der Waals surface area (Å²) in [4.78, 5) is 12.8. The number of hydrogen-bond acceptors (Lipinski definition) is 4. The van der Waals surface area contributed by atoms with Crippen LogP contribution >= 0.6 is 11.8 Å². The maximum absolute atomic E-state index is 11.5. The summed E-state index contributed by atoms with van der Waals surface area (Å²) >= 11 is 1.82. The van der Waals surface area contributed by atoms with E-state index in [0.29, 0.717) is 16.8 Å². The van der Waals surface area contributed by atoms with E-state index in [-0.39, 0.29) is 5.63 Å². The number of ether oxygens (including phenoxy) is 1. The number of benzene rings is 1. The Morgan fingerprint density at radius 1 is 1.24 bits per heavy atom. The van der Waals surface area contributed by atoms with Crippen LogP contribution in [0.3, 0.4) is 0 Å². The minimum atomic E-state index is -0.357. The maximum Gasteiger partial charge on any atom is 0.339 e. The molecule has 2 aromatic rings. The van der Waals surface area contributed by atoms with Crippen LogP contribution in [0.15, 0.2) is 56.6 Å². The average Bonchev–Trinajstić information content (AvgIpc) is 2.48. The highest BCUT2D eigenvalue weighted by Gasteiger charge is 2.13. The molecule has 0 amide bonds. The van der Waals surface area contributed by atoms with Gasteiger partial charge in [0.1, 0.15) is 11.5 Å². The van der Waals surface area contributed by atoms with Crippen LogP contribution < -0.4 is 10.4 Å². The topological polar surface area (TPSA) is 39.4 Å². The summed E-state index contributed by atoms with van der Waals surface area (Å²) in [6.07, 6.45) is 2.89. The Balaban J connectivity index is 2.12. The maximum atomic E-state index is 11.5. The van der Waals surface area contributed by atoms with Crippen molar-refractivity contribution >= 4 is 11.8 Å². The first-order chi connectivity index (χ1) is 10.2. The van der Waals surface area contributed by atoms with Gasteiger partial charge in [-0.3, -0.25) is 0 Å². The summed E-state index contributed by atoms with van der Waals surface area (Å²) in [6.45, 7) is 2.17. The first kappa shape index (κ1) is 15.7. The highest BCUT2D eigenvalue weighted by Crippen LogP contribution is 2.29. The summed E-state index contributed by atoms with van der Waals surface area (Å²) in [5.74, 6) is 1.24. The van der Waals surface area contributed by atoms with Gasteiger partial charge in [-0.15, -0.1) is 11.8 Å². The Labute approximate surface area is 129 Å². The molecule has 112 valence electrons. The van der Waals surface area contributed by atoms with Crippen molar-refractivity contribution in [3.05, 3.63) is 58.6 Å². The van der Waals surface area contributed by atoms with Gasteiger partial charge in [0.05, 0.1) is 13.2 Å². The monoisotopic (exact) mass is 304 g/mol. The lowest BCUT2D eigenvalue weighted by molar-refractivity contribution is 0.391. The van der Waals surface area contributed by atoms with Gasteiger partial charge in [0.2, 0.25) is 0 Å². The van der Waals surface area contributed by atoms with Crippen molar-refractivity contribution in [1.29, 1.82) is 0 Å². The second kappa shape index (κ2) is 7.93. The third-order valence-corrected chi connectivity index (χ3v) is 4.40. The number of thioether (sulfide) groups is 1. The summed E-state index contributed by atoms with van der Waals surface area (Å²) in [6, 6.07) is 13.5. The molecule has 1 aromatic heterocycles. The zero-order valence-electron chi connectivity index (χ0n) is 12.4. The molecule has 1 heterocycles. The van der Waals surface area contributed by atoms with Crippen molar-refractivity contribution in [3.63, 3.8) is 0 Å². The molecule has 2 rings (SSSR count). The molecular weight excluding hydrogens is 284 g/mol. The van der Waals surface area contributed by atoms with Crippen LogP contribution in [0.5, 0.6) is 5.75 Å². The van der Waals surface area contributed by atoms with Crippen LogP contribution in [0, 0.1) is 0 Å². The Kier molecular flexibility index (Phi) is 5.93. The summed E-state index contributed by atoms with van der Waals surface area (Å²) in [7, 11) is 1.56. The molecule has 1 unspecified atom stereocenters. The second-order valence-corrected chi connectivity index (χ2v) is 6.20. The fourth-order valence-corrected chi connectivity index (χ4v) is 3.46. The van der Waals surface area contributed by atoms with Gasteiger partial charge in [-0.1, -0.05) is 31.5 Å². The van der Waals surface area contributed by atoms with Crippen LogP contribution in [0.2, 0.25) is 0 Å². The lowest BCUT2D eigenvalue weighted by Gasteiger charge is -2.15. The van der Waals surface area contributed by atoms with E-state index in [1.165, 1.54) is 11.0 Å². The Morgan fingerprint density at radius 2 is 2.00 bits per heavy atom. The molecule has 0 spiro atoms. The molecule has 0 radical (unpaired) electrons. The van der Waals surface area contributed by atoms with Crippen molar-refractivity contribution < 1.29 is 9.15 Å². The first-order valence-electron chi connectivity index (χ1n) is 7.11. The van der Waals surface area contributed by atoms with Crippen LogP contribution in [0.4, 0.5) is 0 Å². The van der Waals surface area contributed by atoms with Gasteiger partial charge in [-0.2, -0.15) is 0 Å². The van der Waals surface area contributed by atoms with Crippen LogP contribution in [0.25, 0.3) is 0 Å². The molecule has 1 aromatic carbocycles. The van der Waals surface area contributed by atoms with E-state index in [1.54, 1.807) is 13.2 Å². The second-order valence-electron chi connectivity index (χ2n) is 4.83. The Hall–Kier alpha value is -1.68. The van der Waals surface area contributed by atoms with Crippen molar-refractivity contribution in [1.82, 2.24) is 0 Å². The van der Waals surface area contributed by atoms with Gasteiger partial charge >= 0.3 is 5.63 Å². The van der Waals surface area contributed by atoms with Crippen LogP contribution in [-0.2, 0) is 6.42 Å². The fraction of sp³-hybridized carbons (Fsp3) is 0.353. The summed E-state index contributed by atoms with van der Waals surface area (Å²) < 4.78 is 10.4. The fourth-order valence-electron chi connectivity index (χ4n) is 2.16. The summed E-state index contributed by atoms with van der Waals surface area (Å²) in [5, 5.41) is 0.382. The quantitative estimate of drug-likeness (QED) is 0.720. The molecule has 0 saturated carbocycles. The van der Waals surface area contributed by atoms with Gasteiger partial charge < -0.3 is 9.15 Å².